The van der Waals surface area contributed by atoms with E-state index < -0.39 is 0 Å². The van der Waals surface area contributed by atoms with Crippen LogP contribution in [0, 0.1) is 5.92 Å². The van der Waals surface area contributed by atoms with E-state index in [1.54, 1.807) is 4.68 Å². The van der Waals surface area contributed by atoms with E-state index in [0.29, 0.717) is 18.8 Å². The molecular formula is C11H17N3O2. The van der Waals surface area contributed by atoms with Gasteiger partial charge in [-0.3, -0.25) is 4.79 Å². The first kappa shape index (κ1) is 11.3. The average molecular weight is 223 g/mol. The van der Waals surface area contributed by atoms with Gasteiger partial charge in [0, 0.05) is 26.2 Å². The van der Waals surface area contributed by atoms with Gasteiger partial charge in [-0.2, -0.15) is 5.10 Å². The Kier molecular flexibility index (Phi) is 3.66. The summed E-state index contributed by atoms with van der Waals surface area (Å²) in [6, 6.07) is 0. The van der Waals surface area contributed by atoms with Crippen molar-refractivity contribution in [2.75, 3.05) is 13.2 Å². The van der Waals surface area contributed by atoms with E-state index in [1.165, 1.54) is 6.33 Å². The largest absolute Gasteiger partial charge is 0.381 e. The van der Waals surface area contributed by atoms with Gasteiger partial charge in [-0.25, -0.2) is 9.67 Å². The van der Waals surface area contributed by atoms with Gasteiger partial charge in [-0.05, 0) is 19.3 Å². The van der Waals surface area contributed by atoms with Crippen LogP contribution in [0.5, 0.6) is 0 Å². The lowest BCUT2D eigenvalue weighted by Gasteiger charge is -2.06. The molecular weight excluding hydrogens is 206 g/mol. The van der Waals surface area contributed by atoms with Crippen LogP contribution in [0.25, 0.3) is 0 Å². The molecule has 5 nitrogen and oxygen atoms in total. The number of ether oxygens (including phenoxy) is 1. The van der Waals surface area contributed by atoms with Crippen molar-refractivity contribution in [2.45, 2.75) is 32.7 Å². The second-order valence-corrected chi connectivity index (χ2v) is 4.14. The van der Waals surface area contributed by atoms with E-state index in [4.69, 9.17) is 4.74 Å². The highest BCUT2D eigenvalue weighted by molar-refractivity contribution is 5.80. The molecule has 5 heteroatoms. The number of hydrogen-bond acceptors (Lipinski definition) is 4. The summed E-state index contributed by atoms with van der Waals surface area (Å²) < 4.78 is 7.02. The van der Waals surface area contributed by atoms with Crippen molar-refractivity contribution in [1.29, 1.82) is 0 Å². The number of aryl methyl sites for hydroxylation is 1. The fraction of sp³-hybridized carbons (Fsp3) is 0.727. The predicted octanol–water partition coefficient (Wildman–Crippen LogP) is 0.836. The Morgan fingerprint density at radius 1 is 1.69 bits per heavy atom. The van der Waals surface area contributed by atoms with Gasteiger partial charge in [0.25, 0.3) is 0 Å². The predicted molar refractivity (Wildman–Crippen MR) is 58.0 cm³/mol. The number of Topliss-reactive ketones (excluding diaryl/α,β-unsaturated/α-hetero) is 1. The monoisotopic (exact) mass is 223 g/mol. The molecule has 0 spiro atoms. The second-order valence-electron chi connectivity index (χ2n) is 4.14. The standard InChI is InChI=1S/C11H17N3O2/c1-2-14-11(12-8-13-14)6-10(15)5-9-3-4-16-7-9/h8-9H,2-7H2,1H3. The Bertz CT molecular complexity index is 356. The summed E-state index contributed by atoms with van der Waals surface area (Å²) in [4.78, 5) is 15.9. The number of aromatic nitrogens is 3. The zero-order valence-electron chi connectivity index (χ0n) is 9.56. The smallest absolute Gasteiger partial charge is 0.140 e. The van der Waals surface area contributed by atoms with E-state index in [0.717, 1.165) is 32.0 Å². The highest BCUT2D eigenvalue weighted by atomic mass is 16.5. The summed E-state index contributed by atoms with van der Waals surface area (Å²) in [6.07, 6.45) is 3.51. The van der Waals surface area contributed by atoms with Crippen molar-refractivity contribution >= 4 is 5.78 Å². The number of carbonyl (C=O) groups excluding carboxylic acids is 1. The lowest BCUT2D eigenvalue weighted by atomic mass is 10.0. The molecule has 1 fully saturated rings. The SMILES string of the molecule is CCn1ncnc1CC(=O)CC1CCOC1. The van der Waals surface area contributed by atoms with E-state index in [1.807, 2.05) is 6.92 Å². The highest BCUT2D eigenvalue weighted by Gasteiger charge is 2.20. The molecule has 0 aliphatic carbocycles. The van der Waals surface area contributed by atoms with Gasteiger partial charge in [0.15, 0.2) is 0 Å². The van der Waals surface area contributed by atoms with E-state index >= 15 is 0 Å². The van der Waals surface area contributed by atoms with Gasteiger partial charge in [0.2, 0.25) is 0 Å². The fourth-order valence-corrected chi connectivity index (χ4v) is 2.00. The molecule has 0 aromatic carbocycles. The second kappa shape index (κ2) is 5.21. The molecule has 0 radical (unpaired) electrons. The average Bonchev–Trinajstić information content (AvgIpc) is 2.88. The molecule has 1 atom stereocenters. The summed E-state index contributed by atoms with van der Waals surface area (Å²) in [7, 11) is 0. The fourth-order valence-electron chi connectivity index (χ4n) is 2.00. The number of nitrogens with zero attached hydrogens (tertiary/aromatic N) is 3. The quantitative estimate of drug-likeness (QED) is 0.742. The first-order valence-corrected chi connectivity index (χ1v) is 5.75. The van der Waals surface area contributed by atoms with Gasteiger partial charge >= 0.3 is 0 Å². The van der Waals surface area contributed by atoms with Crippen molar-refractivity contribution in [1.82, 2.24) is 14.8 Å². The molecule has 1 aromatic rings. The van der Waals surface area contributed by atoms with Crippen LogP contribution < -0.4 is 0 Å². The number of hydrogen-bond donors (Lipinski definition) is 0. The van der Waals surface area contributed by atoms with E-state index in [-0.39, 0.29) is 5.78 Å². The van der Waals surface area contributed by atoms with Crippen LogP contribution in [0.4, 0.5) is 0 Å². The Morgan fingerprint density at radius 3 is 3.25 bits per heavy atom. The highest BCUT2D eigenvalue weighted by Crippen LogP contribution is 2.17. The van der Waals surface area contributed by atoms with Gasteiger partial charge < -0.3 is 4.74 Å². The summed E-state index contributed by atoms with van der Waals surface area (Å²) in [5.74, 6) is 1.41. The van der Waals surface area contributed by atoms with E-state index in [2.05, 4.69) is 10.1 Å². The van der Waals surface area contributed by atoms with Crippen LogP contribution in [0.15, 0.2) is 6.33 Å². The third kappa shape index (κ3) is 2.66. The van der Waals surface area contributed by atoms with E-state index in [9.17, 15) is 4.79 Å². The van der Waals surface area contributed by atoms with Gasteiger partial charge in [0.05, 0.1) is 6.42 Å². The Balaban J connectivity index is 1.86. The number of carbonyl (C=O) groups is 1. The van der Waals surface area contributed by atoms with Crippen LogP contribution in [0.1, 0.15) is 25.6 Å². The molecule has 1 aliphatic heterocycles. The lowest BCUT2D eigenvalue weighted by molar-refractivity contribution is -0.119. The molecule has 1 saturated heterocycles. The summed E-state index contributed by atoms with van der Waals surface area (Å²) in [5, 5.41) is 4.05. The van der Waals surface area contributed by atoms with Gasteiger partial charge in [-0.15, -0.1) is 0 Å². The van der Waals surface area contributed by atoms with Crippen molar-refractivity contribution in [2.24, 2.45) is 5.92 Å². The molecule has 0 bridgehead atoms. The third-order valence-electron chi connectivity index (χ3n) is 2.89. The normalized spacial score (nSPS) is 20.2. The first-order valence-electron chi connectivity index (χ1n) is 5.75. The van der Waals surface area contributed by atoms with Crippen LogP contribution in [-0.4, -0.2) is 33.8 Å². The zero-order chi connectivity index (χ0) is 11.4. The van der Waals surface area contributed by atoms with Crippen molar-refractivity contribution in [3.05, 3.63) is 12.2 Å². The third-order valence-corrected chi connectivity index (χ3v) is 2.89. The topological polar surface area (TPSA) is 57.0 Å². The Labute approximate surface area is 94.8 Å². The molecule has 1 aliphatic rings. The van der Waals surface area contributed by atoms with Crippen LogP contribution >= 0.6 is 0 Å². The minimum atomic E-state index is 0.234. The first-order chi connectivity index (χ1) is 7.79. The van der Waals surface area contributed by atoms with Crippen LogP contribution in [-0.2, 0) is 22.5 Å². The number of ketones is 1. The molecule has 1 aromatic heterocycles. The van der Waals surface area contributed by atoms with Crippen molar-refractivity contribution in [3.8, 4) is 0 Å². The zero-order valence-corrected chi connectivity index (χ0v) is 9.56. The Hall–Kier alpha value is -1.23. The van der Waals surface area contributed by atoms with Crippen LogP contribution in [0.2, 0.25) is 0 Å². The summed E-state index contributed by atoms with van der Waals surface area (Å²) in [5.41, 5.74) is 0. The maximum atomic E-state index is 11.8. The molecule has 16 heavy (non-hydrogen) atoms. The Morgan fingerprint density at radius 2 is 2.56 bits per heavy atom. The van der Waals surface area contributed by atoms with Gasteiger partial charge in [-0.1, -0.05) is 0 Å². The summed E-state index contributed by atoms with van der Waals surface area (Å²) >= 11 is 0. The van der Waals surface area contributed by atoms with Crippen molar-refractivity contribution in [3.63, 3.8) is 0 Å². The maximum absolute atomic E-state index is 11.8. The lowest BCUT2D eigenvalue weighted by Crippen LogP contribution is -2.14. The molecule has 0 amide bonds. The van der Waals surface area contributed by atoms with Crippen LogP contribution in [0.3, 0.4) is 0 Å². The van der Waals surface area contributed by atoms with Gasteiger partial charge in [0.1, 0.15) is 17.9 Å². The molecule has 2 rings (SSSR count). The minimum Gasteiger partial charge on any atom is -0.381 e. The maximum Gasteiger partial charge on any atom is 0.140 e. The summed E-state index contributed by atoms with van der Waals surface area (Å²) in [6.45, 7) is 4.28. The molecule has 0 saturated carbocycles. The number of rotatable bonds is 5. The van der Waals surface area contributed by atoms with Crippen molar-refractivity contribution < 1.29 is 9.53 Å². The molecule has 88 valence electrons. The molecule has 0 N–H and O–H groups in total. The minimum absolute atomic E-state index is 0.234. The molecule has 2 heterocycles. The molecule has 1 unspecified atom stereocenters.